The van der Waals surface area contributed by atoms with Gasteiger partial charge in [0.2, 0.25) is 5.24 Å². The van der Waals surface area contributed by atoms with E-state index >= 15 is 0 Å². The third-order valence-corrected chi connectivity index (χ3v) is 3.84. The summed E-state index contributed by atoms with van der Waals surface area (Å²) in [5.74, 6) is -0.656. The molecule has 0 spiro atoms. The molecule has 0 aromatic heterocycles. The van der Waals surface area contributed by atoms with E-state index in [1.807, 2.05) is 6.92 Å². The van der Waals surface area contributed by atoms with E-state index in [-0.39, 0.29) is 11.5 Å². The van der Waals surface area contributed by atoms with Gasteiger partial charge < -0.3 is 0 Å². The Morgan fingerprint density at radius 2 is 1.88 bits per heavy atom. The monoisotopic (exact) mass is 276 g/mol. The molecule has 1 aromatic carbocycles. The number of aryl methyl sites for hydroxylation is 1. The average molecular weight is 277 g/mol. The molecule has 0 aliphatic heterocycles. The van der Waals surface area contributed by atoms with Crippen LogP contribution in [-0.4, -0.2) is 20.3 Å². The molecule has 94 valence electrons. The third-order valence-electron chi connectivity index (χ3n) is 2.17. The lowest BCUT2D eigenvalue weighted by atomic mass is 10.2. The summed E-state index contributed by atoms with van der Waals surface area (Å²) in [5, 5.41) is -0.621. The predicted molar refractivity (Wildman–Crippen MR) is 64.3 cm³/mol. The normalized spacial score (nSPS) is 13.4. The SMILES string of the molecule is Cc1ccc(S(=O)(=O)OCC(C)C(=O)Cl)cc1. The molecule has 0 fully saturated rings. The van der Waals surface area contributed by atoms with Crippen LogP contribution in [0.3, 0.4) is 0 Å². The van der Waals surface area contributed by atoms with Crippen LogP contribution in [-0.2, 0) is 19.1 Å². The molecule has 0 aliphatic rings. The van der Waals surface area contributed by atoms with Crippen molar-refractivity contribution in [3.05, 3.63) is 29.8 Å². The highest BCUT2D eigenvalue weighted by molar-refractivity contribution is 7.86. The van der Waals surface area contributed by atoms with Crippen LogP contribution in [0.15, 0.2) is 29.2 Å². The van der Waals surface area contributed by atoms with Gasteiger partial charge in [0.15, 0.2) is 0 Å². The number of rotatable bonds is 5. The van der Waals surface area contributed by atoms with E-state index in [4.69, 9.17) is 15.8 Å². The standard InChI is InChI=1S/C11H13ClO4S/c1-8-3-5-10(6-4-8)17(14,15)16-7-9(2)11(12)13/h3-6,9H,7H2,1-2H3. The van der Waals surface area contributed by atoms with Gasteiger partial charge in [0, 0.05) is 0 Å². The highest BCUT2D eigenvalue weighted by Gasteiger charge is 2.18. The van der Waals surface area contributed by atoms with Gasteiger partial charge in [-0.05, 0) is 30.7 Å². The predicted octanol–water partition coefficient (Wildman–Crippen LogP) is 2.10. The molecule has 0 aliphatic carbocycles. The van der Waals surface area contributed by atoms with Crippen molar-refractivity contribution in [2.24, 2.45) is 5.92 Å². The van der Waals surface area contributed by atoms with Crippen molar-refractivity contribution in [2.75, 3.05) is 6.61 Å². The number of hydrogen-bond acceptors (Lipinski definition) is 4. The zero-order valence-electron chi connectivity index (χ0n) is 9.51. The molecule has 0 saturated heterocycles. The van der Waals surface area contributed by atoms with Crippen molar-refractivity contribution in [3.63, 3.8) is 0 Å². The fourth-order valence-corrected chi connectivity index (χ4v) is 2.08. The Morgan fingerprint density at radius 3 is 2.35 bits per heavy atom. The molecule has 1 rings (SSSR count). The van der Waals surface area contributed by atoms with Crippen LogP contribution in [0.2, 0.25) is 0 Å². The molecular formula is C11H13ClO4S. The molecule has 1 atom stereocenters. The highest BCUT2D eigenvalue weighted by atomic mass is 35.5. The summed E-state index contributed by atoms with van der Waals surface area (Å²) in [6.45, 7) is 3.10. The zero-order chi connectivity index (χ0) is 13.1. The Kier molecular flexibility index (Phi) is 4.68. The first kappa shape index (κ1) is 14.2. The molecule has 0 N–H and O–H groups in total. The highest BCUT2D eigenvalue weighted by Crippen LogP contribution is 2.14. The Morgan fingerprint density at radius 1 is 1.35 bits per heavy atom. The maximum absolute atomic E-state index is 11.7. The van der Waals surface area contributed by atoms with Crippen LogP contribution in [0.1, 0.15) is 12.5 Å². The van der Waals surface area contributed by atoms with E-state index in [1.54, 1.807) is 12.1 Å². The van der Waals surface area contributed by atoms with E-state index in [1.165, 1.54) is 19.1 Å². The van der Waals surface area contributed by atoms with Crippen molar-refractivity contribution in [1.82, 2.24) is 0 Å². The minimum Gasteiger partial charge on any atom is -0.281 e. The van der Waals surface area contributed by atoms with Gasteiger partial charge in [0.25, 0.3) is 10.1 Å². The lowest BCUT2D eigenvalue weighted by molar-refractivity contribution is -0.115. The minimum absolute atomic E-state index is 0.0670. The molecule has 1 unspecified atom stereocenters. The fraction of sp³-hybridized carbons (Fsp3) is 0.364. The Labute approximate surface area is 106 Å². The molecule has 0 radical (unpaired) electrons. The first-order valence-corrected chi connectivity index (χ1v) is 6.77. The molecular weight excluding hydrogens is 264 g/mol. The lowest BCUT2D eigenvalue weighted by Gasteiger charge is -2.08. The summed E-state index contributed by atoms with van der Waals surface area (Å²) in [5.41, 5.74) is 0.952. The second-order valence-electron chi connectivity index (χ2n) is 3.76. The van der Waals surface area contributed by atoms with E-state index in [9.17, 15) is 13.2 Å². The number of hydrogen-bond donors (Lipinski definition) is 0. The van der Waals surface area contributed by atoms with Gasteiger partial charge >= 0.3 is 0 Å². The summed E-state index contributed by atoms with van der Waals surface area (Å²) in [4.78, 5) is 10.8. The van der Waals surface area contributed by atoms with Crippen molar-refractivity contribution in [3.8, 4) is 0 Å². The van der Waals surface area contributed by atoms with Gasteiger partial charge in [-0.2, -0.15) is 8.42 Å². The van der Waals surface area contributed by atoms with Crippen LogP contribution in [0.5, 0.6) is 0 Å². The molecule has 0 heterocycles. The summed E-state index contributed by atoms with van der Waals surface area (Å²) in [7, 11) is -3.82. The number of halogens is 1. The van der Waals surface area contributed by atoms with E-state index in [2.05, 4.69) is 0 Å². The van der Waals surface area contributed by atoms with Crippen LogP contribution >= 0.6 is 11.6 Å². The molecule has 4 nitrogen and oxygen atoms in total. The minimum atomic E-state index is -3.82. The Bertz CT molecular complexity index is 493. The Balaban J connectivity index is 2.76. The van der Waals surface area contributed by atoms with E-state index in [0.717, 1.165) is 5.56 Å². The largest absolute Gasteiger partial charge is 0.296 e. The second kappa shape index (κ2) is 5.62. The molecule has 1 aromatic rings. The fourth-order valence-electron chi connectivity index (χ4n) is 1.03. The van der Waals surface area contributed by atoms with Gasteiger partial charge in [-0.3, -0.25) is 8.98 Å². The van der Waals surface area contributed by atoms with Crippen LogP contribution in [0, 0.1) is 12.8 Å². The molecule has 17 heavy (non-hydrogen) atoms. The van der Waals surface area contributed by atoms with E-state index < -0.39 is 21.3 Å². The average Bonchev–Trinajstić information content (AvgIpc) is 2.26. The van der Waals surface area contributed by atoms with Crippen LogP contribution in [0.25, 0.3) is 0 Å². The molecule has 6 heteroatoms. The smallest absolute Gasteiger partial charge is 0.281 e. The van der Waals surface area contributed by atoms with Crippen LogP contribution in [0.4, 0.5) is 0 Å². The summed E-state index contributed by atoms with van der Waals surface area (Å²) >= 11 is 5.21. The third kappa shape index (κ3) is 4.11. The topological polar surface area (TPSA) is 60.4 Å². The van der Waals surface area contributed by atoms with Crippen LogP contribution < -0.4 is 0 Å². The second-order valence-corrected chi connectivity index (χ2v) is 5.74. The first-order valence-electron chi connectivity index (χ1n) is 4.98. The van der Waals surface area contributed by atoms with Gasteiger partial charge in [0.1, 0.15) is 0 Å². The summed E-state index contributed by atoms with van der Waals surface area (Å²) in [6.07, 6.45) is 0. The molecule has 0 bridgehead atoms. The number of carbonyl (C=O) groups excluding carboxylic acids is 1. The summed E-state index contributed by atoms with van der Waals surface area (Å²) < 4.78 is 28.1. The maximum atomic E-state index is 11.7. The molecule has 0 amide bonds. The van der Waals surface area contributed by atoms with Gasteiger partial charge in [0.05, 0.1) is 17.4 Å². The van der Waals surface area contributed by atoms with Gasteiger partial charge in [-0.25, -0.2) is 0 Å². The van der Waals surface area contributed by atoms with Crippen molar-refractivity contribution < 1.29 is 17.4 Å². The number of benzene rings is 1. The first-order chi connectivity index (χ1) is 7.83. The number of carbonyl (C=O) groups is 1. The van der Waals surface area contributed by atoms with E-state index in [0.29, 0.717) is 0 Å². The Hall–Kier alpha value is -0.910. The van der Waals surface area contributed by atoms with Gasteiger partial charge in [-0.1, -0.05) is 24.6 Å². The molecule has 0 saturated carbocycles. The summed E-state index contributed by atoms with van der Waals surface area (Å²) in [6, 6.07) is 6.26. The maximum Gasteiger partial charge on any atom is 0.296 e. The lowest BCUT2D eigenvalue weighted by Crippen LogP contribution is -2.16. The van der Waals surface area contributed by atoms with Crippen molar-refractivity contribution >= 4 is 27.0 Å². The van der Waals surface area contributed by atoms with Crippen molar-refractivity contribution in [2.45, 2.75) is 18.7 Å². The zero-order valence-corrected chi connectivity index (χ0v) is 11.1. The van der Waals surface area contributed by atoms with Gasteiger partial charge in [-0.15, -0.1) is 0 Å². The quantitative estimate of drug-likeness (QED) is 0.610. The van der Waals surface area contributed by atoms with Crippen molar-refractivity contribution in [1.29, 1.82) is 0 Å².